The molecule has 1 aromatic rings. The molecule has 0 amide bonds. The van der Waals surface area contributed by atoms with Gasteiger partial charge in [-0.25, -0.2) is 0 Å². The molecule has 1 nitrogen and oxygen atoms in total. The first-order valence-electron chi connectivity index (χ1n) is 6.88. The van der Waals surface area contributed by atoms with Gasteiger partial charge in [-0.05, 0) is 31.4 Å². The van der Waals surface area contributed by atoms with E-state index in [-0.39, 0.29) is 0 Å². The number of para-hydroxylation sites is 1. The summed E-state index contributed by atoms with van der Waals surface area (Å²) in [6, 6.07) is 6.88. The molecule has 100 valence electrons. The van der Waals surface area contributed by atoms with E-state index in [1.807, 2.05) is 12.1 Å². The third kappa shape index (κ3) is 3.03. The summed E-state index contributed by atoms with van der Waals surface area (Å²) < 4.78 is 0. The van der Waals surface area contributed by atoms with E-state index in [1.165, 1.54) is 43.4 Å². The summed E-state index contributed by atoms with van der Waals surface area (Å²) in [4.78, 5) is 2.51. The van der Waals surface area contributed by atoms with Crippen LogP contribution < -0.4 is 4.90 Å². The molecular weight excluding hydrogens is 310 g/mol. The maximum atomic E-state index is 6.44. The lowest BCUT2D eigenvalue weighted by molar-refractivity contribution is 0.418. The molecule has 1 fully saturated rings. The van der Waals surface area contributed by atoms with Gasteiger partial charge >= 0.3 is 0 Å². The number of halogens is 2. The van der Waals surface area contributed by atoms with E-state index in [0.29, 0.717) is 6.04 Å². The van der Waals surface area contributed by atoms with Crippen molar-refractivity contribution in [3.05, 3.63) is 28.8 Å². The van der Waals surface area contributed by atoms with Crippen molar-refractivity contribution in [3.63, 3.8) is 0 Å². The van der Waals surface area contributed by atoms with Crippen molar-refractivity contribution in [2.45, 2.75) is 50.4 Å². The van der Waals surface area contributed by atoms with E-state index in [0.717, 1.165) is 16.9 Å². The smallest absolute Gasteiger partial charge is 0.0642 e. The van der Waals surface area contributed by atoms with Gasteiger partial charge in [0.15, 0.2) is 0 Å². The van der Waals surface area contributed by atoms with Crippen LogP contribution in [0.15, 0.2) is 18.2 Å². The molecule has 0 unspecified atom stereocenters. The molecule has 0 radical (unpaired) electrons. The number of alkyl halides is 1. The predicted octanol–water partition coefficient (Wildman–Crippen LogP) is 5.39. The minimum absolute atomic E-state index is 0.668. The van der Waals surface area contributed by atoms with Crippen LogP contribution in [0.25, 0.3) is 0 Å². The summed E-state index contributed by atoms with van der Waals surface area (Å²) in [6.45, 7) is 3.27. The summed E-state index contributed by atoms with van der Waals surface area (Å²) >= 11 is 10.0. The molecular formula is C15H21BrClN. The Bertz CT molecular complexity index is 388. The second-order valence-corrected chi connectivity index (χ2v) is 5.93. The monoisotopic (exact) mass is 329 g/mol. The molecule has 0 bridgehead atoms. The number of nitrogens with zero attached hydrogens (tertiary/aromatic N) is 1. The third-order valence-electron chi connectivity index (χ3n) is 3.86. The fourth-order valence-corrected chi connectivity index (χ4v) is 3.74. The molecule has 0 N–H and O–H groups in total. The number of anilines is 1. The van der Waals surface area contributed by atoms with Crippen molar-refractivity contribution < 1.29 is 0 Å². The zero-order valence-electron chi connectivity index (χ0n) is 11.0. The van der Waals surface area contributed by atoms with Gasteiger partial charge in [0, 0.05) is 17.9 Å². The molecule has 3 heteroatoms. The topological polar surface area (TPSA) is 3.24 Å². The standard InChI is InChI=1S/C15H21BrClN/c1-2-18(13-8-4-3-5-9-13)15-12(11-16)7-6-10-14(15)17/h6-7,10,13H,2-5,8-9,11H2,1H3. The van der Waals surface area contributed by atoms with Crippen LogP contribution in [0.4, 0.5) is 5.69 Å². The predicted molar refractivity (Wildman–Crippen MR) is 84.0 cm³/mol. The van der Waals surface area contributed by atoms with Gasteiger partial charge in [0.05, 0.1) is 10.7 Å². The largest absolute Gasteiger partial charge is 0.367 e. The van der Waals surface area contributed by atoms with E-state index < -0.39 is 0 Å². The highest BCUT2D eigenvalue weighted by molar-refractivity contribution is 9.08. The summed E-state index contributed by atoms with van der Waals surface area (Å²) in [5, 5.41) is 1.76. The second-order valence-electron chi connectivity index (χ2n) is 4.96. The Balaban J connectivity index is 2.31. The van der Waals surface area contributed by atoms with Crippen LogP contribution in [0.2, 0.25) is 5.02 Å². The molecule has 1 aliphatic carbocycles. The van der Waals surface area contributed by atoms with E-state index >= 15 is 0 Å². The fraction of sp³-hybridized carbons (Fsp3) is 0.600. The lowest BCUT2D eigenvalue weighted by atomic mass is 9.93. The Hall–Kier alpha value is -0.210. The Morgan fingerprint density at radius 1 is 1.28 bits per heavy atom. The SMILES string of the molecule is CCN(c1c(Cl)cccc1CBr)C1CCCCC1. The molecule has 1 saturated carbocycles. The van der Waals surface area contributed by atoms with Gasteiger partial charge in [-0.1, -0.05) is 58.9 Å². The Labute approximate surface area is 124 Å². The van der Waals surface area contributed by atoms with Crippen molar-refractivity contribution in [2.24, 2.45) is 0 Å². The van der Waals surface area contributed by atoms with Crippen LogP contribution in [0, 0.1) is 0 Å². The van der Waals surface area contributed by atoms with Gasteiger partial charge in [0.2, 0.25) is 0 Å². The van der Waals surface area contributed by atoms with E-state index in [4.69, 9.17) is 11.6 Å². The summed E-state index contributed by atoms with van der Waals surface area (Å²) in [6.07, 6.45) is 6.72. The van der Waals surface area contributed by atoms with Gasteiger partial charge in [-0.2, -0.15) is 0 Å². The molecule has 0 saturated heterocycles. The van der Waals surface area contributed by atoms with Gasteiger partial charge in [-0.15, -0.1) is 0 Å². The third-order valence-corrected chi connectivity index (χ3v) is 4.77. The summed E-state index contributed by atoms with van der Waals surface area (Å²) in [5.74, 6) is 0. The fourth-order valence-electron chi connectivity index (χ4n) is 2.98. The van der Waals surface area contributed by atoms with Gasteiger partial charge in [-0.3, -0.25) is 0 Å². The minimum Gasteiger partial charge on any atom is -0.367 e. The zero-order valence-corrected chi connectivity index (χ0v) is 13.3. The van der Waals surface area contributed by atoms with Gasteiger partial charge in [0.25, 0.3) is 0 Å². The van der Waals surface area contributed by atoms with Crippen molar-refractivity contribution in [1.29, 1.82) is 0 Å². The first-order valence-corrected chi connectivity index (χ1v) is 8.37. The molecule has 18 heavy (non-hydrogen) atoms. The van der Waals surface area contributed by atoms with Crippen molar-refractivity contribution >= 4 is 33.2 Å². The number of hydrogen-bond acceptors (Lipinski definition) is 1. The second kappa shape index (κ2) is 6.81. The number of rotatable bonds is 4. The van der Waals surface area contributed by atoms with Crippen LogP contribution in [-0.4, -0.2) is 12.6 Å². The summed E-state index contributed by atoms with van der Waals surface area (Å²) in [7, 11) is 0. The molecule has 0 aliphatic heterocycles. The van der Waals surface area contributed by atoms with Crippen LogP contribution in [0.1, 0.15) is 44.6 Å². The molecule has 1 aliphatic rings. The Morgan fingerprint density at radius 2 is 2.00 bits per heavy atom. The van der Waals surface area contributed by atoms with Crippen LogP contribution in [-0.2, 0) is 5.33 Å². The lowest BCUT2D eigenvalue weighted by Crippen LogP contribution is -2.37. The van der Waals surface area contributed by atoms with Gasteiger partial charge < -0.3 is 4.90 Å². The first-order chi connectivity index (χ1) is 8.77. The lowest BCUT2D eigenvalue weighted by Gasteiger charge is -2.37. The maximum absolute atomic E-state index is 6.44. The van der Waals surface area contributed by atoms with E-state index in [9.17, 15) is 0 Å². The van der Waals surface area contributed by atoms with Crippen LogP contribution in [0.5, 0.6) is 0 Å². The van der Waals surface area contributed by atoms with Crippen molar-refractivity contribution in [1.82, 2.24) is 0 Å². The highest BCUT2D eigenvalue weighted by Gasteiger charge is 2.23. The average Bonchev–Trinajstić information content (AvgIpc) is 2.42. The van der Waals surface area contributed by atoms with Crippen molar-refractivity contribution in [3.8, 4) is 0 Å². The normalized spacial score (nSPS) is 16.8. The van der Waals surface area contributed by atoms with Crippen LogP contribution in [0.3, 0.4) is 0 Å². The molecule has 0 aromatic heterocycles. The zero-order chi connectivity index (χ0) is 13.0. The Morgan fingerprint density at radius 3 is 2.61 bits per heavy atom. The Kier molecular flexibility index (Phi) is 5.38. The van der Waals surface area contributed by atoms with Crippen molar-refractivity contribution in [2.75, 3.05) is 11.4 Å². The van der Waals surface area contributed by atoms with Crippen LogP contribution >= 0.6 is 27.5 Å². The minimum atomic E-state index is 0.668. The van der Waals surface area contributed by atoms with E-state index in [1.54, 1.807) is 0 Å². The molecule has 0 atom stereocenters. The molecule has 1 aromatic carbocycles. The number of hydrogen-bond donors (Lipinski definition) is 0. The van der Waals surface area contributed by atoms with E-state index in [2.05, 4.69) is 33.8 Å². The first kappa shape index (κ1) is 14.2. The highest BCUT2D eigenvalue weighted by Crippen LogP contribution is 2.35. The molecule has 0 spiro atoms. The average molecular weight is 331 g/mol. The molecule has 0 heterocycles. The van der Waals surface area contributed by atoms with Gasteiger partial charge in [0.1, 0.15) is 0 Å². The highest BCUT2D eigenvalue weighted by atomic mass is 79.9. The molecule has 2 rings (SSSR count). The quantitative estimate of drug-likeness (QED) is 0.669. The number of benzene rings is 1. The summed E-state index contributed by atoms with van der Waals surface area (Å²) in [5.41, 5.74) is 2.54. The maximum Gasteiger partial charge on any atom is 0.0642 e.